The molecule has 4 heterocycles. The number of nitrogens with zero attached hydrogens (tertiary/aromatic N) is 8. The zero-order valence-electron chi connectivity index (χ0n) is 39.0. The van der Waals surface area contributed by atoms with Crippen LogP contribution in [0.3, 0.4) is 0 Å². The number of unbranched alkanes of at least 4 members (excludes halogenated alkanes) is 2. The number of anilines is 2. The van der Waals surface area contributed by atoms with Crippen LogP contribution in [0, 0.1) is 25.7 Å². The quantitative estimate of drug-likeness (QED) is 0.0534. The van der Waals surface area contributed by atoms with Crippen molar-refractivity contribution >= 4 is 68.3 Å². The average molecular weight is 974 g/mol. The summed E-state index contributed by atoms with van der Waals surface area (Å²) in [6.45, 7) is 12.9. The zero-order chi connectivity index (χ0) is 47.7. The van der Waals surface area contributed by atoms with E-state index >= 15 is 0 Å². The molecule has 2 saturated heterocycles. The van der Waals surface area contributed by atoms with Gasteiger partial charge in [0.15, 0.2) is 0 Å². The third-order valence-electron chi connectivity index (χ3n) is 12.5. The highest BCUT2D eigenvalue weighted by molar-refractivity contribution is 7.19. The molecule has 2 aliphatic rings. The van der Waals surface area contributed by atoms with Gasteiger partial charge in [-0.05, 0) is 66.1 Å². The fourth-order valence-electron chi connectivity index (χ4n) is 8.53. The fourth-order valence-corrected chi connectivity index (χ4v) is 10.7. The predicted molar refractivity (Wildman–Crippen MR) is 269 cm³/mol. The van der Waals surface area contributed by atoms with Gasteiger partial charge >= 0.3 is 11.9 Å². The van der Waals surface area contributed by atoms with Gasteiger partial charge in [0, 0.05) is 68.5 Å². The van der Waals surface area contributed by atoms with Crippen LogP contribution in [0.5, 0.6) is 0 Å². The summed E-state index contributed by atoms with van der Waals surface area (Å²) in [6, 6.07) is 29.6. The molecule has 0 N–H and O–H groups in total. The van der Waals surface area contributed by atoms with Gasteiger partial charge in [-0.1, -0.05) is 146 Å². The molecule has 2 aliphatic heterocycles. The van der Waals surface area contributed by atoms with Crippen LogP contribution in [0.2, 0.25) is 5.02 Å². The number of aryl methyl sites for hydroxylation is 2. The minimum atomic E-state index is -0.457. The average Bonchev–Trinajstić information content (AvgIpc) is 3.98. The Hall–Kier alpha value is -5.71. The molecular formula is C52H57ClN8O5S2. The maximum absolute atomic E-state index is 13.5. The van der Waals surface area contributed by atoms with E-state index in [2.05, 4.69) is 68.3 Å². The monoisotopic (exact) mass is 972 g/mol. The molecule has 0 radical (unpaired) electrons. The van der Waals surface area contributed by atoms with Gasteiger partial charge in [-0.3, -0.25) is 38.8 Å². The highest BCUT2D eigenvalue weighted by atomic mass is 35.5. The lowest BCUT2D eigenvalue weighted by molar-refractivity contribution is -0.172. The number of benzene rings is 4. The summed E-state index contributed by atoms with van der Waals surface area (Å²) in [5.41, 5.74) is 7.98. The molecule has 0 bridgehead atoms. The number of rotatable bonds is 20. The lowest BCUT2D eigenvalue weighted by Gasteiger charge is -2.39. The second-order valence-corrected chi connectivity index (χ2v) is 20.1. The normalized spacial score (nSPS) is 14.3. The van der Waals surface area contributed by atoms with Crippen molar-refractivity contribution in [3.8, 4) is 21.1 Å². The highest BCUT2D eigenvalue weighted by Crippen LogP contribution is 2.35. The number of amides is 2. The van der Waals surface area contributed by atoms with Crippen molar-refractivity contribution in [3.05, 3.63) is 129 Å². The van der Waals surface area contributed by atoms with Gasteiger partial charge in [0.2, 0.25) is 22.1 Å². The number of likely N-dealkylation sites (tertiary alicyclic amines) is 2. The Kier molecular flexibility index (Phi) is 16.2. The van der Waals surface area contributed by atoms with Crippen molar-refractivity contribution in [1.82, 2.24) is 30.2 Å². The van der Waals surface area contributed by atoms with Gasteiger partial charge < -0.3 is 4.74 Å². The molecule has 6 aromatic rings. The van der Waals surface area contributed by atoms with E-state index in [4.69, 9.17) is 16.3 Å². The third kappa shape index (κ3) is 11.9. The molecule has 16 heteroatoms. The summed E-state index contributed by atoms with van der Waals surface area (Å²) in [5, 5.41) is 21.1. The first kappa shape index (κ1) is 48.7. The molecule has 354 valence electrons. The van der Waals surface area contributed by atoms with Crippen molar-refractivity contribution in [2.45, 2.75) is 79.3 Å². The van der Waals surface area contributed by atoms with Gasteiger partial charge in [-0.15, -0.1) is 20.4 Å². The maximum Gasteiger partial charge on any atom is 0.319 e. The molecule has 13 nitrogen and oxygen atoms in total. The number of carbonyl (C=O) groups is 4. The summed E-state index contributed by atoms with van der Waals surface area (Å²) in [4.78, 5) is 60.6. The van der Waals surface area contributed by atoms with Crippen LogP contribution in [-0.2, 0) is 49.8 Å². The summed E-state index contributed by atoms with van der Waals surface area (Å²) in [7, 11) is 0. The van der Waals surface area contributed by atoms with Crippen LogP contribution in [0.4, 0.5) is 10.3 Å². The summed E-state index contributed by atoms with van der Waals surface area (Å²) >= 11 is 9.20. The molecule has 8 rings (SSSR count). The highest BCUT2D eigenvalue weighted by Gasteiger charge is 2.39. The number of hydrogen-bond acceptors (Lipinski definition) is 13. The standard InChI is InChI=1S/C52H57ClN8O5S2/c1-5-7-22-60(45(62)26-36-14-10-9-11-15-36)51-56-54-47(67-51)42-20-18-37(24-34(42)3)28-58-30-40(31-58)49(64)66-50(65)41-32-59(33-41)29-38-19-21-43(35(4)25-38)48-55-57-52(68-48)61(23-8-6-2)46(63)27-39-16-12-13-17-44(39)53/h9-21,24-25,40-41H,5-8,22-23,26-33H2,1-4H3. The first-order valence-electron chi connectivity index (χ1n) is 23.4. The zero-order valence-corrected chi connectivity index (χ0v) is 41.4. The second kappa shape index (κ2) is 22.6. The molecule has 2 fully saturated rings. The topological polar surface area (TPSA) is 142 Å². The lowest BCUT2D eigenvalue weighted by atomic mass is 9.97. The Morgan fingerprint density at radius 1 is 0.618 bits per heavy atom. The number of aromatic nitrogens is 4. The summed E-state index contributed by atoms with van der Waals surface area (Å²) < 4.78 is 5.39. The van der Waals surface area contributed by atoms with Gasteiger partial charge in [0.25, 0.3) is 0 Å². The Balaban J connectivity index is 0.773. The maximum atomic E-state index is 13.5. The van der Waals surface area contributed by atoms with E-state index in [0.717, 1.165) is 80.2 Å². The molecule has 0 saturated carbocycles. The summed E-state index contributed by atoms with van der Waals surface area (Å²) in [5.74, 6) is -1.65. The smallest absolute Gasteiger partial charge is 0.319 e. The van der Waals surface area contributed by atoms with E-state index < -0.39 is 11.9 Å². The predicted octanol–water partition coefficient (Wildman–Crippen LogP) is 9.38. The van der Waals surface area contributed by atoms with E-state index in [9.17, 15) is 19.2 Å². The van der Waals surface area contributed by atoms with Crippen molar-refractivity contribution in [2.24, 2.45) is 11.8 Å². The van der Waals surface area contributed by atoms with Crippen LogP contribution >= 0.6 is 34.3 Å². The Morgan fingerprint density at radius 3 is 1.56 bits per heavy atom. The Labute approximate surface area is 411 Å². The number of carbonyl (C=O) groups excluding carboxylic acids is 4. The molecule has 0 spiro atoms. The van der Waals surface area contributed by atoms with Crippen molar-refractivity contribution < 1.29 is 23.9 Å². The van der Waals surface area contributed by atoms with Crippen molar-refractivity contribution in [1.29, 1.82) is 0 Å². The van der Waals surface area contributed by atoms with Crippen LogP contribution < -0.4 is 9.80 Å². The number of hydrogen-bond donors (Lipinski definition) is 0. The lowest BCUT2D eigenvalue weighted by Crippen LogP contribution is -2.53. The number of ether oxygens (including phenoxy) is 1. The fraction of sp³-hybridized carbons (Fsp3) is 0.385. The Bertz CT molecular complexity index is 2730. The van der Waals surface area contributed by atoms with E-state index in [1.165, 1.54) is 22.7 Å². The van der Waals surface area contributed by atoms with Crippen LogP contribution in [-0.4, -0.2) is 93.2 Å². The molecule has 68 heavy (non-hydrogen) atoms. The first-order chi connectivity index (χ1) is 33.0. The van der Waals surface area contributed by atoms with Crippen LogP contribution in [0.15, 0.2) is 91.0 Å². The molecule has 0 atom stereocenters. The number of esters is 2. The van der Waals surface area contributed by atoms with Gasteiger partial charge in [0.1, 0.15) is 10.0 Å². The van der Waals surface area contributed by atoms with E-state index in [1.54, 1.807) is 15.9 Å². The van der Waals surface area contributed by atoms with Gasteiger partial charge in [-0.25, -0.2) is 0 Å². The molecule has 2 amide bonds. The molecule has 2 aromatic heterocycles. The van der Waals surface area contributed by atoms with Crippen molar-refractivity contribution in [2.75, 3.05) is 49.1 Å². The SMILES string of the molecule is CCCCN(C(=O)Cc1ccccc1)c1nnc(-c2ccc(CN3CC(C(=O)OC(=O)C4CN(Cc5ccc(-c6nnc(N(CCCC)C(=O)Cc7ccccc7Cl)s6)c(C)c5)C4)C3)cc2C)s1. The van der Waals surface area contributed by atoms with E-state index in [0.29, 0.717) is 74.1 Å². The third-order valence-corrected chi connectivity index (χ3v) is 14.8. The second-order valence-electron chi connectivity index (χ2n) is 17.8. The van der Waals surface area contributed by atoms with Gasteiger partial charge in [-0.2, -0.15) is 0 Å². The minimum absolute atomic E-state index is 0.00943. The van der Waals surface area contributed by atoms with Gasteiger partial charge in [0.05, 0.1) is 24.7 Å². The largest absolute Gasteiger partial charge is 0.393 e. The Morgan fingerprint density at radius 2 is 1.09 bits per heavy atom. The molecular weight excluding hydrogens is 916 g/mol. The molecule has 0 unspecified atom stereocenters. The minimum Gasteiger partial charge on any atom is -0.393 e. The number of halogens is 1. The summed E-state index contributed by atoms with van der Waals surface area (Å²) in [6.07, 6.45) is 4.12. The first-order valence-corrected chi connectivity index (χ1v) is 25.4. The van der Waals surface area contributed by atoms with Crippen molar-refractivity contribution in [3.63, 3.8) is 0 Å². The van der Waals surface area contributed by atoms with Crippen LogP contribution in [0.1, 0.15) is 72.9 Å². The van der Waals surface area contributed by atoms with Crippen LogP contribution in [0.25, 0.3) is 21.1 Å². The molecule has 0 aliphatic carbocycles. The van der Waals surface area contributed by atoms with E-state index in [-0.39, 0.29) is 30.1 Å². The van der Waals surface area contributed by atoms with E-state index in [1.807, 2.05) is 74.5 Å². The molecule has 4 aromatic carbocycles.